The van der Waals surface area contributed by atoms with E-state index in [2.05, 4.69) is 13.8 Å². The van der Waals surface area contributed by atoms with Crippen molar-refractivity contribution in [3.63, 3.8) is 0 Å². The van der Waals surface area contributed by atoms with Crippen LogP contribution in [0.2, 0.25) is 0 Å². The first-order valence-corrected chi connectivity index (χ1v) is 6.88. The fourth-order valence-electron chi connectivity index (χ4n) is 1.36. The van der Waals surface area contributed by atoms with E-state index in [0.29, 0.717) is 10.8 Å². The number of rotatable bonds is 6. The smallest absolute Gasteiger partial charge is 0.328 e. The Bertz CT molecular complexity index is 443. The van der Waals surface area contributed by atoms with Crippen LogP contribution in [0.15, 0.2) is 24.3 Å². The van der Waals surface area contributed by atoms with E-state index in [0.717, 1.165) is 23.8 Å². The molecule has 1 aromatic rings. The molecule has 1 atom stereocenters. The Labute approximate surface area is 111 Å². The molecule has 0 saturated heterocycles. The quantitative estimate of drug-likeness (QED) is 0.794. The van der Waals surface area contributed by atoms with E-state index in [-0.39, 0.29) is 5.82 Å². The topological polar surface area (TPSA) is 37.3 Å². The summed E-state index contributed by atoms with van der Waals surface area (Å²) in [5.41, 5.74) is 1.59. The zero-order valence-electron chi connectivity index (χ0n) is 10.5. The van der Waals surface area contributed by atoms with Crippen LogP contribution in [-0.4, -0.2) is 16.3 Å². The first-order chi connectivity index (χ1) is 8.52. The van der Waals surface area contributed by atoms with Gasteiger partial charge >= 0.3 is 5.97 Å². The van der Waals surface area contributed by atoms with Crippen LogP contribution >= 0.6 is 11.8 Å². The normalized spacial score (nSPS) is 12.8. The van der Waals surface area contributed by atoms with Gasteiger partial charge in [-0.2, -0.15) is 11.8 Å². The van der Waals surface area contributed by atoms with Crippen LogP contribution in [-0.2, 0) is 10.5 Å². The molecule has 4 heteroatoms. The summed E-state index contributed by atoms with van der Waals surface area (Å²) in [6.07, 6.45) is 3.55. The minimum atomic E-state index is -1.03. The van der Waals surface area contributed by atoms with Crippen molar-refractivity contribution in [1.29, 1.82) is 0 Å². The number of thioether (sulfide) groups is 1. The van der Waals surface area contributed by atoms with Crippen molar-refractivity contribution in [2.45, 2.75) is 31.3 Å². The molecule has 2 nitrogen and oxygen atoms in total. The molecule has 1 N–H and O–H groups in total. The molecule has 98 valence electrons. The van der Waals surface area contributed by atoms with Gasteiger partial charge in [0.2, 0.25) is 0 Å². The molecule has 1 rings (SSSR count). The predicted octanol–water partition coefficient (Wildman–Crippen LogP) is 3.96. The minimum absolute atomic E-state index is 0.350. The lowest BCUT2D eigenvalue weighted by atomic mass is 10.1. The standard InChI is InChI=1S/C14H17FO2S/c1-3-10(2)18-9-12-4-6-13(15)8-11(12)5-7-14(16)17/h4-8,10H,3,9H2,1-2H3,(H,16,17)/b7-5+. The molecule has 0 bridgehead atoms. The van der Waals surface area contributed by atoms with Crippen LogP contribution in [0.25, 0.3) is 6.08 Å². The predicted molar refractivity (Wildman–Crippen MR) is 74.1 cm³/mol. The molecule has 0 fully saturated rings. The zero-order chi connectivity index (χ0) is 13.5. The lowest BCUT2D eigenvalue weighted by Crippen LogP contribution is -1.96. The highest BCUT2D eigenvalue weighted by Crippen LogP contribution is 2.23. The molecular weight excluding hydrogens is 251 g/mol. The van der Waals surface area contributed by atoms with E-state index in [9.17, 15) is 9.18 Å². The van der Waals surface area contributed by atoms with Crippen LogP contribution in [0.1, 0.15) is 31.4 Å². The number of hydrogen-bond donors (Lipinski definition) is 1. The largest absolute Gasteiger partial charge is 0.478 e. The van der Waals surface area contributed by atoms with Gasteiger partial charge in [-0.15, -0.1) is 0 Å². The Hall–Kier alpha value is -1.29. The number of hydrogen-bond acceptors (Lipinski definition) is 2. The van der Waals surface area contributed by atoms with Crippen molar-refractivity contribution >= 4 is 23.8 Å². The van der Waals surface area contributed by atoms with Gasteiger partial charge in [-0.25, -0.2) is 9.18 Å². The van der Waals surface area contributed by atoms with Gasteiger partial charge < -0.3 is 5.11 Å². The van der Waals surface area contributed by atoms with Crippen molar-refractivity contribution in [1.82, 2.24) is 0 Å². The highest BCUT2D eigenvalue weighted by Gasteiger charge is 2.05. The molecular formula is C14H17FO2S. The van der Waals surface area contributed by atoms with E-state index in [4.69, 9.17) is 5.11 Å². The maximum atomic E-state index is 13.1. The van der Waals surface area contributed by atoms with Gasteiger partial charge in [-0.1, -0.05) is 19.9 Å². The van der Waals surface area contributed by atoms with E-state index in [1.807, 2.05) is 0 Å². The lowest BCUT2D eigenvalue weighted by molar-refractivity contribution is -0.131. The van der Waals surface area contributed by atoms with Gasteiger partial charge in [0.15, 0.2) is 0 Å². The van der Waals surface area contributed by atoms with Gasteiger partial charge in [0.25, 0.3) is 0 Å². The Kier molecular flexibility index (Phi) is 5.92. The van der Waals surface area contributed by atoms with E-state index >= 15 is 0 Å². The minimum Gasteiger partial charge on any atom is -0.478 e. The fraction of sp³-hybridized carbons (Fsp3) is 0.357. The highest BCUT2D eigenvalue weighted by atomic mass is 32.2. The lowest BCUT2D eigenvalue weighted by Gasteiger charge is -2.10. The average Bonchev–Trinajstić information content (AvgIpc) is 2.34. The third kappa shape index (κ3) is 4.92. The van der Waals surface area contributed by atoms with Crippen molar-refractivity contribution in [2.75, 3.05) is 0 Å². The van der Waals surface area contributed by atoms with Crippen molar-refractivity contribution in [2.24, 2.45) is 0 Å². The van der Waals surface area contributed by atoms with Gasteiger partial charge in [0.05, 0.1) is 0 Å². The molecule has 1 aromatic carbocycles. The zero-order valence-corrected chi connectivity index (χ0v) is 11.3. The van der Waals surface area contributed by atoms with Gasteiger partial charge in [0, 0.05) is 17.1 Å². The molecule has 0 aliphatic carbocycles. The molecule has 1 unspecified atom stereocenters. The second kappa shape index (κ2) is 7.21. The van der Waals surface area contributed by atoms with E-state index in [1.54, 1.807) is 17.8 Å². The maximum absolute atomic E-state index is 13.1. The van der Waals surface area contributed by atoms with Gasteiger partial charge in [0.1, 0.15) is 5.82 Å². The van der Waals surface area contributed by atoms with E-state index in [1.165, 1.54) is 18.2 Å². The summed E-state index contributed by atoms with van der Waals surface area (Å²) in [6, 6.07) is 4.49. The number of carbonyl (C=O) groups is 1. The molecule has 0 heterocycles. The molecule has 0 aliphatic rings. The van der Waals surface area contributed by atoms with Crippen molar-refractivity contribution in [3.05, 3.63) is 41.2 Å². The molecule has 18 heavy (non-hydrogen) atoms. The number of carboxylic acid groups (broad SMARTS) is 1. The van der Waals surface area contributed by atoms with Gasteiger partial charge in [-0.05, 0) is 35.8 Å². The molecule has 0 aliphatic heterocycles. The Balaban J connectivity index is 2.86. The van der Waals surface area contributed by atoms with Crippen LogP contribution in [0.5, 0.6) is 0 Å². The third-order valence-electron chi connectivity index (χ3n) is 2.61. The fourth-order valence-corrected chi connectivity index (χ4v) is 2.33. The second-order valence-electron chi connectivity index (χ2n) is 4.04. The Morgan fingerprint density at radius 2 is 2.28 bits per heavy atom. The summed E-state index contributed by atoms with van der Waals surface area (Å²) in [4.78, 5) is 10.5. The van der Waals surface area contributed by atoms with Crippen LogP contribution in [0.3, 0.4) is 0 Å². The van der Waals surface area contributed by atoms with Gasteiger partial charge in [-0.3, -0.25) is 0 Å². The molecule has 0 spiro atoms. The van der Waals surface area contributed by atoms with Crippen molar-refractivity contribution in [3.8, 4) is 0 Å². The summed E-state index contributed by atoms with van der Waals surface area (Å²) >= 11 is 1.78. The highest BCUT2D eigenvalue weighted by molar-refractivity contribution is 7.99. The Morgan fingerprint density at radius 3 is 2.89 bits per heavy atom. The average molecular weight is 268 g/mol. The number of aliphatic carboxylic acids is 1. The summed E-state index contributed by atoms with van der Waals surface area (Å²) in [6.45, 7) is 4.26. The summed E-state index contributed by atoms with van der Waals surface area (Å²) < 4.78 is 13.1. The Morgan fingerprint density at radius 1 is 1.56 bits per heavy atom. The molecule has 0 aromatic heterocycles. The first kappa shape index (κ1) is 14.8. The van der Waals surface area contributed by atoms with E-state index < -0.39 is 5.97 Å². The van der Waals surface area contributed by atoms with Crippen LogP contribution < -0.4 is 0 Å². The summed E-state index contributed by atoms with van der Waals surface area (Å²) in [5.74, 6) is -0.619. The summed E-state index contributed by atoms with van der Waals surface area (Å²) in [7, 11) is 0. The SMILES string of the molecule is CCC(C)SCc1ccc(F)cc1/C=C/C(=O)O. The maximum Gasteiger partial charge on any atom is 0.328 e. The number of benzene rings is 1. The van der Waals surface area contributed by atoms with Crippen LogP contribution in [0, 0.1) is 5.82 Å². The number of carboxylic acids is 1. The first-order valence-electron chi connectivity index (χ1n) is 5.84. The number of halogens is 1. The van der Waals surface area contributed by atoms with Crippen LogP contribution in [0.4, 0.5) is 4.39 Å². The molecule has 0 saturated carbocycles. The third-order valence-corrected chi connectivity index (χ3v) is 3.99. The molecule has 0 radical (unpaired) electrons. The summed E-state index contributed by atoms with van der Waals surface area (Å²) in [5, 5.41) is 9.14. The van der Waals surface area contributed by atoms with Crippen molar-refractivity contribution < 1.29 is 14.3 Å². The molecule has 0 amide bonds. The monoisotopic (exact) mass is 268 g/mol. The second-order valence-corrected chi connectivity index (χ2v) is 5.47.